The van der Waals surface area contributed by atoms with Gasteiger partial charge in [-0.05, 0) is 35.9 Å². The van der Waals surface area contributed by atoms with E-state index in [2.05, 4.69) is 21.1 Å². The minimum Gasteiger partial charge on any atom is -0.497 e. The van der Waals surface area contributed by atoms with Crippen molar-refractivity contribution in [1.82, 2.24) is 9.55 Å². The van der Waals surface area contributed by atoms with Crippen LogP contribution < -0.4 is 10.1 Å². The Balaban J connectivity index is 1.38. The van der Waals surface area contributed by atoms with Crippen LogP contribution in [-0.2, 0) is 11.3 Å². The summed E-state index contributed by atoms with van der Waals surface area (Å²) in [5, 5.41) is 3.95. The number of ether oxygens (including phenoxy) is 1. The Morgan fingerprint density at radius 2 is 1.96 bits per heavy atom. The number of carbonyl (C=O) groups is 1. The molecule has 1 aliphatic rings. The second-order valence-corrected chi connectivity index (χ2v) is 7.19. The third kappa shape index (κ3) is 4.06. The van der Waals surface area contributed by atoms with E-state index < -0.39 is 0 Å². The summed E-state index contributed by atoms with van der Waals surface area (Å²) in [5.41, 5.74) is 3.70. The van der Waals surface area contributed by atoms with Gasteiger partial charge in [0.25, 0.3) is 0 Å². The lowest BCUT2D eigenvalue weighted by molar-refractivity contribution is -0.111. The van der Waals surface area contributed by atoms with Gasteiger partial charge in [0.15, 0.2) is 5.16 Å². The molecule has 5 nitrogen and oxygen atoms in total. The molecule has 0 fully saturated rings. The second kappa shape index (κ2) is 7.72. The van der Waals surface area contributed by atoms with Gasteiger partial charge in [-0.1, -0.05) is 36.0 Å². The van der Waals surface area contributed by atoms with Gasteiger partial charge in [-0.25, -0.2) is 4.98 Å². The number of fused-ring (bicyclic) bond motifs is 1. The molecule has 136 valence electrons. The summed E-state index contributed by atoms with van der Waals surface area (Å²) in [6.07, 6.45) is 5.38. The van der Waals surface area contributed by atoms with Gasteiger partial charge in [0.2, 0.25) is 5.91 Å². The number of nitrogens with zero attached hydrogens (tertiary/aromatic N) is 2. The molecule has 1 amide bonds. The van der Waals surface area contributed by atoms with Crippen molar-refractivity contribution in [2.45, 2.75) is 11.7 Å². The normalized spacial score (nSPS) is 12.9. The van der Waals surface area contributed by atoms with E-state index in [4.69, 9.17) is 4.74 Å². The van der Waals surface area contributed by atoms with Crippen LogP contribution in [0.1, 0.15) is 5.56 Å². The molecule has 0 bridgehead atoms. The van der Waals surface area contributed by atoms with E-state index >= 15 is 0 Å². The summed E-state index contributed by atoms with van der Waals surface area (Å²) in [6, 6.07) is 15.3. The van der Waals surface area contributed by atoms with E-state index in [-0.39, 0.29) is 5.91 Å². The summed E-state index contributed by atoms with van der Waals surface area (Å²) >= 11 is 1.78. The minimum atomic E-state index is -0.170. The van der Waals surface area contributed by atoms with E-state index in [9.17, 15) is 4.79 Å². The Hall–Kier alpha value is -2.99. The SMILES string of the molecule is COc1ccc(/C=C/C(=O)Nc2ccc(-c3cn4c(n3)SCC4)cc2)cc1. The molecular weight excluding hydrogens is 358 g/mol. The average molecular weight is 377 g/mol. The molecule has 2 heterocycles. The van der Waals surface area contributed by atoms with Crippen LogP contribution in [0.5, 0.6) is 5.75 Å². The Bertz CT molecular complexity index is 954. The van der Waals surface area contributed by atoms with Crippen LogP contribution in [0.2, 0.25) is 0 Å². The summed E-state index contributed by atoms with van der Waals surface area (Å²) < 4.78 is 7.30. The summed E-state index contributed by atoms with van der Waals surface area (Å²) in [7, 11) is 1.63. The van der Waals surface area contributed by atoms with Crippen molar-refractivity contribution < 1.29 is 9.53 Å². The van der Waals surface area contributed by atoms with Gasteiger partial charge in [0.1, 0.15) is 5.75 Å². The molecule has 0 atom stereocenters. The molecule has 6 heteroatoms. The molecule has 1 aromatic heterocycles. The summed E-state index contributed by atoms with van der Waals surface area (Å²) in [4.78, 5) is 16.8. The molecule has 0 radical (unpaired) electrons. The average Bonchev–Trinajstić information content (AvgIpc) is 3.30. The lowest BCUT2D eigenvalue weighted by atomic mass is 10.1. The topological polar surface area (TPSA) is 56.1 Å². The van der Waals surface area contributed by atoms with E-state index in [1.54, 1.807) is 24.9 Å². The van der Waals surface area contributed by atoms with E-state index in [0.29, 0.717) is 0 Å². The Labute approximate surface area is 162 Å². The largest absolute Gasteiger partial charge is 0.497 e. The third-order valence-corrected chi connectivity index (χ3v) is 5.27. The monoisotopic (exact) mass is 377 g/mol. The van der Waals surface area contributed by atoms with Crippen LogP contribution in [0.25, 0.3) is 17.3 Å². The van der Waals surface area contributed by atoms with Gasteiger partial charge in [-0.3, -0.25) is 4.79 Å². The molecule has 0 spiro atoms. The number of hydrogen-bond acceptors (Lipinski definition) is 4. The molecule has 3 aromatic rings. The molecule has 27 heavy (non-hydrogen) atoms. The van der Waals surface area contributed by atoms with Crippen LogP contribution >= 0.6 is 11.8 Å². The Kier molecular flexibility index (Phi) is 4.98. The van der Waals surface area contributed by atoms with Crippen molar-refractivity contribution in [2.75, 3.05) is 18.2 Å². The van der Waals surface area contributed by atoms with Gasteiger partial charge in [-0.2, -0.15) is 0 Å². The molecular formula is C21H19N3O2S. The van der Waals surface area contributed by atoms with Gasteiger partial charge < -0.3 is 14.6 Å². The van der Waals surface area contributed by atoms with Crippen LogP contribution in [0.4, 0.5) is 5.69 Å². The van der Waals surface area contributed by atoms with Gasteiger partial charge in [0, 0.05) is 35.8 Å². The zero-order valence-corrected chi connectivity index (χ0v) is 15.7. The first-order chi connectivity index (χ1) is 13.2. The predicted octanol–water partition coefficient (Wildman–Crippen LogP) is 4.32. The highest BCUT2D eigenvalue weighted by Gasteiger charge is 2.15. The standard InChI is InChI=1S/C21H19N3O2S/c1-26-18-9-2-15(3-10-18)4-11-20(25)22-17-7-5-16(6-8-17)19-14-24-12-13-27-21(24)23-19/h2-11,14H,12-13H2,1H3,(H,22,25)/b11-4+. The maximum absolute atomic E-state index is 12.1. The molecule has 0 saturated carbocycles. The van der Waals surface area contributed by atoms with Crippen molar-refractivity contribution in [2.24, 2.45) is 0 Å². The lowest BCUT2D eigenvalue weighted by Crippen LogP contribution is -2.07. The number of anilines is 1. The molecule has 1 N–H and O–H groups in total. The zero-order valence-electron chi connectivity index (χ0n) is 14.9. The van der Waals surface area contributed by atoms with Crippen LogP contribution in [0.3, 0.4) is 0 Å². The number of carbonyl (C=O) groups excluding carboxylic acids is 1. The van der Waals surface area contributed by atoms with E-state index in [1.165, 1.54) is 6.08 Å². The third-order valence-electron chi connectivity index (χ3n) is 4.29. The number of aromatic nitrogens is 2. The number of amides is 1. The number of aryl methyl sites for hydroxylation is 1. The van der Waals surface area contributed by atoms with Crippen molar-refractivity contribution in [3.8, 4) is 17.0 Å². The quantitative estimate of drug-likeness (QED) is 0.673. The number of nitrogens with one attached hydrogen (secondary N) is 1. The first kappa shape index (κ1) is 17.4. The number of rotatable bonds is 5. The number of benzene rings is 2. The molecule has 1 aliphatic heterocycles. The van der Waals surface area contributed by atoms with Crippen molar-refractivity contribution in [1.29, 1.82) is 0 Å². The first-order valence-electron chi connectivity index (χ1n) is 8.65. The number of thioether (sulfide) groups is 1. The van der Waals surface area contributed by atoms with Crippen molar-refractivity contribution in [3.05, 3.63) is 66.4 Å². The summed E-state index contributed by atoms with van der Waals surface area (Å²) in [6.45, 7) is 1.02. The maximum Gasteiger partial charge on any atom is 0.248 e. The van der Waals surface area contributed by atoms with Gasteiger partial charge >= 0.3 is 0 Å². The highest BCUT2D eigenvalue weighted by molar-refractivity contribution is 7.99. The van der Waals surface area contributed by atoms with Crippen LogP contribution in [-0.4, -0.2) is 28.3 Å². The second-order valence-electron chi connectivity index (χ2n) is 6.12. The molecule has 4 rings (SSSR count). The summed E-state index contributed by atoms with van der Waals surface area (Å²) in [5.74, 6) is 1.71. The Morgan fingerprint density at radius 3 is 2.67 bits per heavy atom. The smallest absolute Gasteiger partial charge is 0.248 e. The fraction of sp³-hybridized carbons (Fsp3) is 0.143. The van der Waals surface area contributed by atoms with Crippen LogP contribution in [0.15, 0.2) is 66.0 Å². The van der Waals surface area contributed by atoms with E-state index in [0.717, 1.165) is 45.7 Å². The number of methoxy groups -OCH3 is 1. The number of imidazole rings is 1. The maximum atomic E-state index is 12.1. The van der Waals surface area contributed by atoms with E-state index in [1.807, 2.05) is 48.5 Å². The fourth-order valence-electron chi connectivity index (χ4n) is 2.84. The van der Waals surface area contributed by atoms with Crippen molar-refractivity contribution >= 4 is 29.4 Å². The van der Waals surface area contributed by atoms with Gasteiger partial charge in [-0.15, -0.1) is 0 Å². The number of hydrogen-bond donors (Lipinski definition) is 1. The molecule has 2 aromatic carbocycles. The molecule has 0 saturated heterocycles. The molecule has 0 aliphatic carbocycles. The molecule has 0 unspecified atom stereocenters. The van der Waals surface area contributed by atoms with Gasteiger partial charge in [0.05, 0.1) is 12.8 Å². The minimum absolute atomic E-state index is 0.170. The Morgan fingerprint density at radius 1 is 1.19 bits per heavy atom. The predicted molar refractivity (Wildman–Crippen MR) is 109 cm³/mol. The van der Waals surface area contributed by atoms with Crippen molar-refractivity contribution in [3.63, 3.8) is 0 Å². The fourth-order valence-corrected chi connectivity index (χ4v) is 3.79. The first-order valence-corrected chi connectivity index (χ1v) is 9.63. The lowest BCUT2D eigenvalue weighted by Gasteiger charge is -2.04. The zero-order chi connectivity index (χ0) is 18.6. The highest BCUT2D eigenvalue weighted by atomic mass is 32.2. The highest BCUT2D eigenvalue weighted by Crippen LogP contribution is 2.29. The van der Waals surface area contributed by atoms with Crippen LogP contribution in [0, 0.1) is 0 Å².